The minimum atomic E-state index is -0.188. The first-order valence-corrected chi connectivity index (χ1v) is 11.2. The van der Waals surface area contributed by atoms with Crippen LogP contribution in [0.5, 0.6) is 0 Å². The molecule has 170 valence electrons. The molecule has 0 bridgehead atoms. The maximum atomic E-state index is 13.3. The Morgan fingerprint density at radius 2 is 1.82 bits per heavy atom. The van der Waals surface area contributed by atoms with Crippen molar-refractivity contribution in [1.82, 2.24) is 14.8 Å². The zero-order valence-electron chi connectivity index (χ0n) is 18.5. The van der Waals surface area contributed by atoms with Crippen molar-refractivity contribution in [2.24, 2.45) is 0 Å². The number of nitrogens with zero attached hydrogens (tertiary/aromatic N) is 3. The first-order chi connectivity index (χ1) is 16.5. The number of carbonyl (C=O) groups is 2. The Balaban J connectivity index is 1.44. The monoisotopic (exact) mass is 470 g/mol. The van der Waals surface area contributed by atoms with Gasteiger partial charge in [0.15, 0.2) is 5.11 Å². The quantitative estimate of drug-likeness (QED) is 0.339. The van der Waals surface area contributed by atoms with Crippen molar-refractivity contribution in [3.8, 4) is 0 Å². The predicted molar refractivity (Wildman–Crippen MR) is 135 cm³/mol. The lowest BCUT2D eigenvalue weighted by Gasteiger charge is -2.16. The molecule has 0 radical (unpaired) electrons. The number of fused-ring (bicyclic) bond motifs is 1. The zero-order chi connectivity index (χ0) is 23.7. The summed E-state index contributed by atoms with van der Waals surface area (Å²) in [6, 6.07) is 20.7. The number of benzene rings is 2. The first kappa shape index (κ1) is 21.7. The molecule has 4 aromatic rings. The maximum absolute atomic E-state index is 13.3. The molecule has 7 nitrogen and oxygen atoms in total. The Bertz CT molecular complexity index is 1410. The van der Waals surface area contributed by atoms with E-state index < -0.39 is 0 Å². The van der Waals surface area contributed by atoms with E-state index in [0.29, 0.717) is 23.1 Å². The molecular formula is C26H22N4O3S. The van der Waals surface area contributed by atoms with Gasteiger partial charge >= 0.3 is 0 Å². The number of likely N-dealkylation sites (N-methyl/N-ethyl adjacent to an activating group) is 1. The number of anilines is 1. The van der Waals surface area contributed by atoms with E-state index in [2.05, 4.69) is 5.32 Å². The van der Waals surface area contributed by atoms with Crippen LogP contribution in [0.25, 0.3) is 17.0 Å². The molecule has 1 aliphatic heterocycles. The van der Waals surface area contributed by atoms with Gasteiger partial charge in [0, 0.05) is 29.7 Å². The number of thiocarbonyl (C=S) groups is 1. The number of amides is 2. The highest BCUT2D eigenvalue weighted by Gasteiger charge is 2.36. The van der Waals surface area contributed by atoms with Crippen LogP contribution in [0.15, 0.2) is 89.3 Å². The number of hydrogen-bond acceptors (Lipinski definition) is 4. The summed E-state index contributed by atoms with van der Waals surface area (Å²) in [7, 11) is 1.79. The average Bonchev–Trinajstić information content (AvgIpc) is 3.54. The summed E-state index contributed by atoms with van der Waals surface area (Å²) in [6.07, 6.45) is 5.29. The maximum Gasteiger partial charge on any atom is 0.281 e. The molecule has 0 spiro atoms. The molecule has 8 heteroatoms. The van der Waals surface area contributed by atoms with Crippen LogP contribution in [0, 0.1) is 0 Å². The fourth-order valence-electron chi connectivity index (χ4n) is 4.04. The van der Waals surface area contributed by atoms with Gasteiger partial charge in [-0.05, 0) is 48.6 Å². The van der Waals surface area contributed by atoms with Crippen LogP contribution in [-0.2, 0) is 22.7 Å². The summed E-state index contributed by atoms with van der Waals surface area (Å²) >= 11 is 5.56. The van der Waals surface area contributed by atoms with E-state index in [1.165, 1.54) is 4.90 Å². The Kier molecular flexibility index (Phi) is 5.73. The Hall–Kier alpha value is -4.17. The van der Waals surface area contributed by atoms with Gasteiger partial charge in [0.25, 0.3) is 5.91 Å². The van der Waals surface area contributed by atoms with Gasteiger partial charge in [-0.2, -0.15) is 0 Å². The molecule has 1 N–H and O–H groups in total. The number of nitrogens with one attached hydrogen (secondary N) is 1. The third-order valence-corrected chi connectivity index (χ3v) is 6.20. The summed E-state index contributed by atoms with van der Waals surface area (Å²) in [6.45, 7) is 0.469. The normalized spacial score (nSPS) is 15.0. The van der Waals surface area contributed by atoms with Crippen LogP contribution >= 0.6 is 12.2 Å². The number of carbonyl (C=O) groups excluding carboxylic acids is 2. The number of aromatic nitrogens is 1. The minimum Gasteiger partial charge on any atom is -0.467 e. The molecule has 0 unspecified atom stereocenters. The van der Waals surface area contributed by atoms with E-state index in [1.807, 2.05) is 77.5 Å². The second-order valence-electron chi connectivity index (χ2n) is 7.93. The fourth-order valence-corrected chi connectivity index (χ4v) is 4.33. The third kappa shape index (κ3) is 3.99. The number of rotatable bonds is 6. The number of para-hydroxylation sites is 2. The molecule has 2 aromatic heterocycles. The van der Waals surface area contributed by atoms with Gasteiger partial charge in [-0.1, -0.05) is 36.4 Å². The summed E-state index contributed by atoms with van der Waals surface area (Å²) in [5.41, 5.74) is 2.93. The number of furan rings is 1. The van der Waals surface area contributed by atoms with Crippen molar-refractivity contribution in [2.75, 3.05) is 11.9 Å². The average molecular weight is 471 g/mol. The van der Waals surface area contributed by atoms with Gasteiger partial charge in [0.05, 0.1) is 18.5 Å². The van der Waals surface area contributed by atoms with E-state index in [4.69, 9.17) is 16.6 Å². The Labute approximate surface area is 201 Å². The summed E-state index contributed by atoms with van der Waals surface area (Å²) in [5, 5.41) is 4.23. The van der Waals surface area contributed by atoms with Gasteiger partial charge in [-0.15, -0.1) is 0 Å². The molecule has 2 amide bonds. The highest BCUT2D eigenvalue weighted by Crippen LogP contribution is 2.30. The van der Waals surface area contributed by atoms with Crippen molar-refractivity contribution in [2.45, 2.75) is 13.1 Å². The van der Waals surface area contributed by atoms with E-state index in [9.17, 15) is 9.59 Å². The van der Waals surface area contributed by atoms with Gasteiger partial charge in [0.1, 0.15) is 18.0 Å². The van der Waals surface area contributed by atoms with Gasteiger partial charge in [0.2, 0.25) is 5.91 Å². The van der Waals surface area contributed by atoms with Crippen LogP contribution in [0.3, 0.4) is 0 Å². The third-order valence-electron chi connectivity index (χ3n) is 5.74. The van der Waals surface area contributed by atoms with Gasteiger partial charge < -0.3 is 19.2 Å². The van der Waals surface area contributed by atoms with Crippen molar-refractivity contribution in [1.29, 1.82) is 0 Å². The molecule has 1 fully saturated rings. The first-order valence-electron chi connectivity index (χ1n) is 10.8. The van der Waals surface area contributed by atoms with Crippen LogP contribution < -0.4 is 10.2 Å². The fraction of sp³-hybridized carbons (Fsp3) is 0.115. The molecule has 5 rings (SSSR count). The summed E-state index contributed by atoms with van der Waals surface area (Å²) < 4.78 is 7.15. The smallest absolute Gasteiger partial charge is 0.281 e. The second kappa shape index (κ2) is 8.99. The molecule has 3 heterocycles. The van der Waals surface area contributed by atoms with Crippen molar-refractivity contribution < 1.29 is 14.0 Å². The molecular weight excluding hydrogens is 448 g/mol. The Morgan fingerprint density at radius 3 is 2.59 bits per heavy atom. The molecule has 0 atom stereocenters. The van der Waals surface area contributed by atoms with Crippen LogP contribution in [0.2, 0.25) is 0 Å². The highest BCUT2D eigenvalue weighted by atomic mass is 32.1. The molecule has 1 aliphatic rings. The lowest BCUT2D eigenvalue weighted by Crippen LogP contribution is -2.30. The summed E-state index contributed by atoms with van der Waals surface area (Å²) in [5.74, 6) is 0.367. The van der Waals surface area contributed by atoms with E-state index in [1.54, 1.807) is 24.3 Å². The van der Waals surface area contributed by atoms with Crippen molar-refractivity contribution >= 4 is 51.8 Å². The zero-order valence-corrected chi connectivity index (χ0v) is 19.3. The lowest BCUT2D eigenvalue weighted by molar-refractivity contribution is -0.121. The lowest BCUT2D eigenvalue weighted by atomic mass is 10.1. The molecule has 0 saturated carbocycles. The van der Waals surface area contributed by atoms with E-state index in [0.717, 1.165) is 22.2 Å². The van der Waals surface area contributed by atoms with Crippen LogP contribution in [0.1, 0.15) is 11.3 Å². The van der Waals surface area contributed by atoms with Crippen molar-refractivity contribution in [3.05, 3.63) is 96.2 Å². The predicted octanol–water partition coefficient (Wildman–Crippen LogP) is 4.16. The molecule has 0 aliphatic carbocycles. The largest absolute Gasteiger partial charge is 0.467 e. The molecule has 34 heavy (non-hydrogen) atoms. The van der Waals surface area contributed by atoms with E-state index in [-0.39, 0.29) is 18.4 Å². The van der Waals surface area contributed by atoms with E-state index >= 15 is 0 Å². The standard InChI is InChI=1S/C26H22N4O3S/c1-28-23(25(32)30(26(28)34)19-8-3-2-4-9-19)14-18-16-29(22-12-6-5-11-21(18)22)17-24(31)27-15-20-10-7-13-33-20/h2-14,16H,15,17H2,1H3,(H,27,31)/b23-14+. The summed E-state index contributed by atoms with van der Waals surface area (Å²) in [4.78, 5) is 29.1. The molecule has 1 saturated heterocycles. The van der Waals surface area contributed by atoms with Crippen LogP contribution in [-0.4, -0.2) is 33.4 Å². The van der Waals surface area contributed by atoms with Crippen LogP contribution in [0.4, 0.5) is 5.69 Å². The number of hydrogen-bond donors (Lipinski definition) is 1. The van der Waals surface area contributed by atoms with Gasteiger partial charge in [-0.25, -0.2) is 0 Å². The topological polar surface area (TPSA) is 70.7 Å². The van der Waals surface area contributed by atoms with Crippen molar-refractivity contribution in [3.63, 3.8) is 0 Å². The SMILES string of the molecule is CN1C(=S)N(c2ccccc2)C(=O)/C1=C\c1cn(CC(=O)NCc2ccco2)c2ccccc12. The molecule has 2 aromatic carbocycles. The Morgan fingerprint density at radius 1 is 1.06 bits per heavy atom. The second-order valence-corrected chi connectivity index (χ2v) is 8.30. The highest BCUT2D eigenvalue weighted by molar-refractivity contribution is 7.80. The minimum absolute atomic E-state index is 0.137. The van der Waals surface area contributed by atoms with Gasteiger partial charge in [-0.3, -0.25) is 14.5 Å².